The standard InChI is InChI=1S/C10H20N2O3/c1-14-4-3-9(11)10(13)12-6-8-2-5-15-7-8/h8-9H,2-7,11H2,1H3,(H,12,13). The van der Waals surface area contributed by atoms with Gasteiger partial charge in [0.15, 0.2) is 0 Å². The Labute approximate surface area is 90.3 Å². The van der Waals surface area contributed by atoms with Crippen LogP contribution in [0.2, 0.25) is 0 Å². The monoisotopic (exact) mass is 216 g/mol. The molecule has 1 heterocycles. The van der Waals surface area contributed by atoms with E-state index in [-0.39, 0.29) is 5.91 Å². The van der Waals surface area contributed by atoms with Crippen molar-refractivity contribution in [3.8, 4) is 0 Å². The van der Waals surface area contributed by atoms with Gasteiger partial charge in [-0.1, -0.05) is 0 Å². The van der Waals surface area contributed by atoms with Crippen LogP contribution in [0, 0.1) is 5.92 Å². The summed E-state index contributed by atoms with van der Waals surface area (Å²) in [5.41, 5.74) is 5.66. The molecule has 0 aromatic carbocycles. The lowest BCUT2D eigenvalue weighted by Crippen LogP contribution is -2.43. The van der Waals surface area contributed by atoms with E-state index in [4.69, 9.17) is 15.2 Å². The minimum Gasteiger partial charge on any atom is -0.385 e. The topological polar surface area (TPSA) is 73.6 Å². The highest BCUT2D eigenvalue weighted by atomic mass is 16.5. The minimum absolute atomic E-state index is 0.0982. The lowest BCUT2D eigenvalue weighted by atomic mass is 10.1. The number of amides is 1. The van der Waals surface area contributed by atoms with Gasteiger partial charge in [0.25, 0.3) is 0 Å². The molecule has 1 fully saturated rings. The quantitative estimate of drug-likeness (QED) is 0.628. The van der Waals surface area contributed by atoms with Gasteiger partial charge in [0.2, 0.25) is 5.91 Å². The van der Waals surface area contributed by atoms with Crippen molar-refractivity contribution in [3.63, 3.8) is 0 Å². The van der Waals surface area contributed by atoms with E-state index in [1.54, 1.807) is 7.11 Å². The first-order chi connectivity index (χ1) is 7.24. The van der Waals surface area contributed by atoms with Gasteiger partial charge >= 0.3 is 0 Å². The Morgan fingerprint density at radius 2 is 2.53 bits per heavy atom. The lowest BCUT2D eigenvalue weighted by molar-refractivity contribution is -0.122. The summed E-state index contributed by atoms with van der Waals surface area (Å²) in [6.07, 6.45) is 1.58. The average molecular weight is 216 g/mol. The van der Waals surface area contributed by atoms with E-state index in [9.17, 15) is 4.79 Å². The van der Waals surface area contributed by atoms with Crippen molar-refractivity contribution in [1.29, 1.82) is 0 Å². The smallest absolute Gasteiger partial charge is 0.237 e. The third kappa shape index (κ3) is 4.59. The predicted octanol–water partition coefficient (Wildman–Crippen LogP) is -0.497. The normalized spacial score (nSPS) is 22.7. The van der Waals surface area contributed by atoms with Gasteiger partial charge in [0.1, 0.15) is 0 Å². The summed E-state index contributed by atoms with van der Waals surface area (Å²) in [4.78, 5) is 11.5. The fourth-order valence-electron chi connectivity index (χ4n) is 1.50. The Bertz CT molecular complexity index is 193. The van der Waals surface area contributed by atoms with E-state index in [0.29, 0.717) is 25.5 Å². The number of nitrogens with one attached hydrogen (secondary N) is 1. The molecule has 88 valence electrons. The molecular formula is C10H20N2O3. The maximum absolute atomic E-state index is 11.5. The molecular weight excluding hydrogens is 196 g/mol. The van der Waals surface area contributed by atoms with Crippen LogP contribution in [0.4, 0.5) is 0 Å². The third-order valence-corrected chi connectivity index (χ3v) is 2.56. The zero-order valence-electron chi connectivity index (χ0n) is 9.20. The maximum Gasteiger partial charge on any atom is 0.237 e. The molecule has 3 N–H and O–H groups in total. The van der Waals surface area contributed by atoms with Crippen molar-refractivity contribution in [2.45, 2.75) is 18.9 Å². The largest absolute Gasteiger partial charge is 0.385 e. The number of ether oxygens (including phenoxy) is 2. The predicted molar refractivity (Wildman–Crippen MR) is 56.4 cm³/mol. The SMILES string of the molecule is COCCC(N)C(=O)NCC1CCOC1. The summed E-state index contributed by atoms with van der Waals surface area (Å²) in [6.45, 7) is 2.73. The highest BCUT2D eigenvalue weighted by Gasteiger charge is 2.18. The molecule has 1 amide bonds. The zero-order valence-corrected chi connectivity index (χ0v) is 9.20. The summed E-state index contributed by atoms with van der Waals surface area (Å²) in [5, 5.41) is 2.83. The van der Waals surface area contributed by atoms with Crippen molar-refractivity contribution in [1.82, 2.24) is 5.32 Å². The van der Waals surface area contributed by atoms with Crippen molar-refractivity contribution in [2.24, 2.45) is 11.7 Å². The van der Waals surface area contributed by atoms with Gasteiger partial charge in [-0.2, -0.15) is 0 Å². The van der Waals surface area contributed by atoms with Crippen LogP contribution in [0.5, 0.6) is 0 Å². The summed E-state index contributed by atoms with van der Waals surface area (Å²) < 4.78 is 10.1. The molecule has 15 heavy (non-hydrogen) atoms. The maximum atomic E-state index is 11.5. The average Bonchev–Trinajstić information content (AvgIpc) is 2.75. The Morgan fingerprint density at radius 1 is 1.73 bits per heavy atom. The Kier molecular flexibility index (Phi) is 5.60. The number of hydrogen-bond donors (Lipinski definition) is 2. The molecule has 0 bridgehead atoms. The van der Waals surface area contributed by atoms with Crippen LogP contribution >= 0.6 is 0 Å². The van der Waals surface area contributed by atoms with E-state index in [2.05, 4.69) is 5.32 Å². The second kappa shape index (κ2) is 6.76. The van der Waals surface area contributed by atoms with E-state index < -0.39 is 6.04 Å². The van der Waals surface area contributed by atoms with Gasteiger partial charge in [0, 0.05) is 32.8 Å². The van der Waals surface area contributed by atoms with Gasteiger partial charge in [-0.25, -0.2) is 0 Å². The molecule has 2 unspecified atom stereocenters. The van der Waals surface area contributed by atoms with Crippen molar-refractivity contribution in [2.75, 3.05) is 33.5 Å². The minimum atomic E-state index is -0.465. The van der Waals surface area contributed by atoms with Gasteiger partial charge in [-0.3, -0.25) is 4.79 Å². The number of carbonyl (C=O) groups excluding carboxylic acids is 1. The van der Waals surface area contributed by atoms with E-state index >= 15 is 0 Å². The van der Waals surface area contributed by atoms with E-state index in [1.807, 2.05) is 0 Å². The van der Waals surface area contributed by atoms with Crippen LogP contribution in [0.1, 0.15) is 12.8 Å². The number of hydrogen-bond acceptors (Lipinski definition) is 4. The summed E-state index contributed by atoms with van der Waals surface area (Å²) in [7, 11) is 1.60. The highest BCUT2D eigenvalue weighted by molar-refractivity contribution is 5.81. The summed E-state index contributed by atoms with van der Waals surface area (Å²) in [5.74, 6) is 0.350. The van der Waals surface area contributed by atoms with E-state index in [0.717, 1.165) is 19.6 Å². The fraction of sp³-hybridized carbons (Fsp3) is 0.900. The first-order valence-corrected chi connectivity index (χ1v) is 5.34. The molecule has 1 rings (SSSR count). The summed E-state index contributed by atoms with van der Waals surface area (Å²) in [6, 6.07) is -0.465. The first-order valence-electron chi connectivity index (χ1n) is 5.34. The van der Waals surface area contributed by atoms with Crippen LogP contribution in [0.3, 0.4) is 0 Å². The molecule has 0 saturated carbocycles. The van der Waals surface area contributed by atoms with Crippen LogP contribution in [0.15, 0.2) is 0 Å². The molecule has 1 aliphatic rings. The Balaban J connectivity index is 2.11. The molecule has 0 aliphatic carbocycles. The molecule has 5 heteroatoms. The van der Waals surface area contributed by atoms with Crippen molar-refractivity contribution < 1.29 is 14.3 Å². The van der Waals surface area contributed by atoms with Gasteiger partial charge < -0.3 is 20.5 Å². The third-order valence-electron chi connectivity index (χ3n) is 2.56. The van der Waals surface area contributed by atoms with Gasteiger partial charge in [0.05, 0.1) is 12.6 Å². The molecule has 0 aromatic rings. The van der Waals surface area contributed by atoms with Crippen LogP contribution in [-0.4, -0.2) is 45.4 Å². The second-order valence-corrected chi connectivity index (χ2v) is 3.86. The van der Waals surface area contributed by atoms with Gasteiger partial charge in [-0.05, 0) is 12.8 Å². The molecule has 5 nitrogen and oxygen atoms in total. The molecule has 2 atom stereocenters. The molecule has 1 aliphatic heterocycles. The van der Waals surface area contributed by atoms with Crippen molar-refractivity contribution in [3.05, 3.63) is 0 Å². The fourth-order valence-corrected chi connectivity index (χ4v) is 1.50. The highest BCUT2D eigenvalue weighted by Crippen LogP contribution is 2.10. The van der Waals surface area contributed by atoms with Crippen LogP contribution < -0.4 is 11.1 Å². The number of carbonyl (C=O) groups is 1. The summed E-state index contributed by atoms with van der Waals surface area (Å²) >= 11 is 0. The Hall–Kier alpha value is -0.650. The van der Waals surface area contributed by atoms with E-state index in [1.165, 1.54) is 0 Å². The molecule has 0 spiro atoms. The zero-order chi connectivity index (χ0) is 11.1. The molecule has 0 aromatic heterocycles. The number of methoxy groups -OCH3 is 1. The molecule has 1 saturated heterocycles. The van der Waals surface area contributed by atoms with Gasteiger partial charge in [-0.15, -0.1) is 0 Å². The number of nitrogens with two attached hydrogens (primary N) is 1. The van der Waals surface area contributed by atoms with Crippen molar-refractivity contribution >= 4 is 5.91 Å². The van der Waals surface area contributed by atoms with Crippen LogP contribution in [-0.2, 0) is 14.3 Å². The second-order valence-electron chi connectivity index (χ2n) is 3.86. The molecule has 0 radical (unpaired) electrons. The number of rotatable bonds is 6. The van der Waals surface area contributed by atoms with Crippen LogP contribution in [0.25, 0.3) is 0 Å². The Morgan fingerprint density at radius 3 is 3.13 bits per heavy atom. The first kappa shape index (κ1) is 12.4. The lowest BCUT2D eigenvalue weighted by Gasteiger charge is -2.13.